The lowest BCUT2D eigenvalue weighted by Crippen LogP contribution is -2.39. The highest BCUT2D eigenvalue weighted by atomic mass is 32.2. The van der Waals surface area contributed by atoms with E-state index in [0.29, 0.717) is 19.6 Å². The molecule has 9 heteroatoms. The van der Waals surface area contributed by atoms with Crippen LogP contribution in [-0.4, -0.2) is 52.5 Å². The molecule has 1 fully saturated rings. The lowest BCUT2D eigenvalue weighted by atomic mass is 10.1. The molecule has 0 unspecified atom stereocenters. The summed E-state index contributed by atoms with van der Waals surface area (Å²) >= 11 is 1.54. The molecule has 2 aromatic heterocycles. The second kappa shape index (κ2) is 6.98. The van der Waals surface area contributed by atoms with Crippen molar-refractivity contribution in [2.45, 2.75) is 20.0 Å². The third-order valence-electron chi connectivity index (χ3n) is 4.47. The number of aryl methyl sites for hydroxylation is 1. The summed E-state index contributed by atoms with van der Waals surface area (Å²) in [5.41, 5.74) is 3.35. The molecule has 1 aliphatic heterocycles. The van der Waals surface area contributed by atoms with Gasteiger partial charge in [-0.15, -0.1) is 5.10 Å². The van der Waals surface area contributed by atoms with Gasteiger partial charge in [0.25, 0.3) is 0 Å². The minimum Gasteiger partial charge on any atom is -0.356 e. The van der Waals surface area contributed by atoms with Crippen molar-refractivity contribution in [2.75, 3.05) is 29.9 Å². The predicted molar refractivity (Wildman–Crippen MR) is 103 cm³/mol. The fourth-order valence-corrected chi connectivity index (χ4v) is 5.09. The summed E-state index contributed by atoms with van der Waals surface area (Å²) in [6.07, 6.45) is 1.91. The van der Waals surface area contributed by atoms with Crippen LogP contribution in [0.2, 0.25) is 0 Å². The summed E-state index contributed by atoms with van der Waals surface area (Å²) in [6.45, 7) is 4.71. The number of anilines is 1. The molecule has 7 nitrogen and oxygen atoms in total. The third-order valence-corrected chi connectivity index (χ3v) is 6.96. The molecule has 1 aliphatic rings. The van der Waals surface area contributed by atoms with E-state index in [9.17, 15) is 8.42 Å². The van der Waals surface area contributed by atoms with E-state index < -0.39 is 9.84 Å². The van der Waals surface area contributed by atoms with Crippen molar-refractivity contribution in [3.05, 3.63) is 47.3 Å². The third kappa shape index (κ3) is 4.05. The van der Waals surface area contributed by atoms with Crippen molar-refractivity contribution in [2.24, 2.45) is 0 Å². The number of fused-ring (bicyclic) bond motifs is 1. The molecule has 0 amide bonds. The summed E-state index contributed by atoms with van der Waals surface area (Å²) in [4.78, 5) is 7.49. The highest BCUT2D eigenvalue weighted by Crippen LogP contribution is 2.20. The number of nitrogens with zero attached hydrogens (tertiary/aromatic N) is 4. The van der Waals surface area contributed by atoms with Gasteiger partial charge in [0.2, 0.25) is 10.1 Å². The Morgan fingerprint density at radius 3 is 2.54 bits per heavy atom. The van der Waals surface area contributed by atoms with Gasteiger partial charge in [-0.1, -0.05) is 35.6 Å². The number of benzene rings is 1. The molecule has 3 aromatic rings. The molecule has 0 spiro atoms. The summed E-state index contributed by atoms with van der Waals surface area (Å²) in [7, 11) is -2.82. The van der Waals surface area contributed by atoms with Gasteiger partial charge in [-0.05, 0) is 18.1 Å². The van der Waals surface area contributed by atoms with Gasteiger partial charge < -0.3 is 5.32 Å². The zero-order chi connectivity index (χ0) is 18.1. The smallest absolute Gasteiger partial charge is 0.214 e. The number of aromatic nitrogens is 3. The van der Waals surface area contributed by atoms with Gasteiger partial charge in [0.15, 0.2) is 9.84 Å². The Morgan fingerprint density at radius 2 is 1.85 bits per heavy atom. The second-order valence-corrected chi connectivity index (χ2v) is 9.87. The molecule has 1 saturated heterocycles. The molecule has 1 N–H and O–H groups in total. The maximum atomic E-state index is 11.5. The summed E-state index contributed by atoms with van der Waals surface area (Å²) in [5, 5.41) is 8.65. The quantitative estimate of drug-likeness (QED) is 0.716. The summed E-state index contributed by atoms with van der Waals surface area (Å²) < 4.78 is 24.8. The number of hydrogen-bond donors (Lipinski definition) is 1. The maximum Gasteiger partial charge on any atom is 0.214 e. The minimum absolute atomic E-state index is 0.270. The Balaban J connectivity index is 1.31. The van der Waals surface area contributed by atoms with Crippen LogP contribution in [0.25, 0.3) is 4.96 Å². The van der Waals surface area contributed by atoms with Gasteiger partial charge in [0, 0.05) is 26.2 Å². The van der Waals surface area contributed by atoms with E-state index in [1.807, 2.05) is 13.1 Å². The monoisotopic (exact) mass is 391 g/mol. The molecule has 1 aromatic carbocycles. The number of rotatable bonds is 5. The first-order valence-electron chi connectivity index (χ1n) is 8.54. The molecular weight excluding hydrogens is 370 g/mol. The topological polar surface area (TPSA) is 79.6 Å². The van der Waals surface area contributed by atoms with Gasteiger partial charge in [0.05, 0.1) is 23.4 Å². The van der Waals surface area contributed by atoms with E-state index >= 15 is 0 Å². The Bertz CT molecular complexity index is 962. The lowest BCUT2D eigenvalue weighted by Gasteiger charge is -2.26. The first kappa shape index (κ1) is 17.4. The molecule has 0 radical (unpaired) electrons. The van der Waals surface area contributed by atoms with E-state index in [2.05, 4.69) is 44.6 Å². The van der Waals surface area contributed by atoms with Gasteiger partial charge in [-0.25, -0.2) is 17.9 Å². The molecule has 0 aliphatic carbocycles. The standard InChI is InChI=1S/C17H21N5O2S2/c1-13-11-22-17(19-13)25-16(20-22)18-10-14-2-4-15(5-3-14)12-21-6-8-26(23,24)9-7-21/h2-5,11H,6-10,12H2,1H3,(H,18,20). The average Bonchev–Trinajstić information content (AvgIpc) is 3.13. The van der Waals surface area contributed by atoms with Crippen LogP contribution in [-0.2, 0) is 22.9 Å². The molecule has 0 saturated carbocycles. The van der Waals surface area contributed by atoms with Crippen LogP contribution >= 0.6 is 11.3 Å². The molecule has 4 rings (SSSR count). The van der Waals surface area contributed by atoms with E-state index in [1.54, 1.807) is 4.52 Å². The van der Waals surface area contributed by atoms with Crippen LogP contribution in [0.1, 0.15) is 16.8 Å². The highest BCUT2D eigenvalue weighted by Gasteiger charge is 2.21. The number of sulfone groups is 1. The first-order chi connectivity index (χ1) is 12.5. The molecule has 3 heterocycles. The van der Waals surface area contributed by atoms with Gasteiger partial charge in [0.1, 0.15) is 0 Å². The summed E-state index contributed by atoms with van der Waals surface area (Å²) in [5.74, 6) is 0.539. The van der Waals surface area contributed by atoms with E-state index in [0.717, 1.165) is 22.3 Å². The predicted octanol–water partition coefficient (Wildman–Crippen LogP) is 1.94. The average molecular weight is 392 g/mol. The van der Waals surface area contributed by atoms with Crippen molar-refractivity contribution >= 4 is 31.3 Å². The first-order valence-corrected chi connectivity index (χ1v) is 11.2. The van der Waals surface area contributed by atoms with Crippen LogP contribution in [0, 0.1) is 6.92 Å². The second-order valence-electron chi connectivity index (χ2n) is 6.61. The van der Waals surface area contributed by atoms with Gasteiger partial charge in [-0.3, -0.25) is 4.90 Å². The molecule has 26 heavy (non-hydrogen) atoms. The Kier molecular flexibility index (Phi) is 4.68. The van der Waals surface area contributed by atoms with Crippen LogP contribution < -0.4 is 5.32 Å². The van der Waals surface area contributed by atoms with Crippen molar-refractivity contribution in [1.82, 2.24) is 19.5 Å². The van der Waals surface area contributed by atoms with Crippen LogP contribution in [0.5, 0.6) is 0 Å². The maximum absolute atomic E-state index is 11.5. The van der Waals surface area contributed by atoms with Crippen LogP contribution in [0.4, 0.5) is 5.13 Å². The molecule has 138 valence electrons. The fraction of sp³-hybridized carbons (Fsp3) is 0.412. The minimum atomic E-state index is -2.82. The fourth-order valence-electron chi connectivity index (χ4n) is 2.99. The largest absolute Gasteiger partial charge is 0.356 e. The molecular formula is C17H21N5O2S2. The van der Waals surface area contributed by atoms with Crippen molar-refractivity contribution in [3.63, 3.8) is 0 Å². The Morgan fingerprint density at radius 1 is 1.15 bits per heavy atom. The molecule has 0 bridgehead atoms. The van der Waals surface area contributed by atoms with Gasteiger partial charge in [-0.2, -0.15) is 0 Å². The summed E-state index contributed by atoms with van der Waals surface area (Å²) in [6, 6.07) is 8.42. The van der Waals surface area contributed by atoms with E-state index in [4.69, 9.17) is 0 Å². The van der Waals surface area contributed by atoms with Crippen LogP contribution in [0.3, 0.4) is 0 Å². The van der Waals surface area contributed by atoms with E-state index in [-0.39, 0.29) is 11.5 Å². The van der Waals surface area contributed by atoms with Crippen molar-refractivity contribution in [1.29, 1.82) is 0 Å². The van der Waals surface area contributed by atoms with Gasteiger partial charge >= 0.3 is 0 Å². The Labute approximate surface area is 156 Å². The van der Waals surface area contributed by atoms with E-state index in [1.165, 1.54) is 22.5 Å². The van der Waals surface area contributed by atoms with Crippen molar-refractivity contribution in [3.8, 4) is 0 Å². The van der Waals surface area contributed by atoms with Crippen molar-refractivity contribution < 1.29 is 8.42 Å². The molecule has 0 atom stereocenters. The normalized spacial score (nSPS) is 17.6. The number of hydrogen-bond acceptors (Lipinski definition) is 7. The Hall–Kier alpha value is -1.97. The van der Waals surface area contributed by atoms with Crippen LogP contribution in [0.15, 0.2) is 30.5 Å². The number of imidazole rings is 1. The highest BCUT2D eigenvalue weighted by molar-refractivity contribution is 7.91. The lowest BCUT2D eigenvalue weighted by molar-refractivity contribution is 0.287. The zero-order valence-electron chi connectivity index (χ0n) is 14.6. The SMILES string of the molecule is Cc1cn2nc(NCc3ccc(CN4CCS(=O)(=O)CC4)cc3)sc2n1. The number of nitrogens with one attached hydrogen (secondary N) is 1. The zero-order valence-corrected chi connectivity index (χ0v) is 16.2.